The molecular formula is C22H13N3O9. The molecule has 0 spiro atoms. The number of rotatable bonds is 5. The Balaban J connectivity index is 2.21. The third-order valence-corrected chi connectivity index (χ3v) is 5.32. The molecule has 0 radical (unpaired) electrons. The van der Waals surface area contributed by atoms with E-state index in [0.717, 1.165) is 31.4 Å². The van der Waals surface area contributed by atoms with Gasteiger partial charge in [-0.2, -0.15) is 0 Å². The Hall–Kier alpha value is -5.13. The number of hydrogen-bond acceptors (Lipinski definition) is 9. The van der Waals surface area contributed by atoms with Gasteiger partial charge in [-0.1, -0.05) is 18.2 Å². The molecule has 0 aliphatic heterocycles. The van der Waals surface area contributed by atoms with Gasteiger partial charge in [-0.15, -0.1) is 0 Å². The third-order valence-electron chi connectivity index (χ3n) is 5.32. The van der Waals surface area contributed by atoms with Crippen molar-refractivity contribution in [3.8, 4) is 16.9 Å². The maximum absolute atomic E-state index is 12.6. The smallest absolute Gasteiger partial charge is 0.338 e. The zero-order valence-electron chi connectivity index (χ0n) is 17.3. The fourth-order valence-electron chi connectivity index (χ4n) is 3.89. The van der Waals surface area contributed by atoms with Crippen LogP contribution in [0.15, 0.2) is 48.5 Å². The number of phenolic OH excluding ortho intramolecular Hbond substituents is 1. The Kier molecular flexibility index (Phi) is 5.25. The average molecular weight is 463 g/mol. The van der Waals surface area contributed by atoms with E-state index in [4.69, 9.17) is 4.74 Å². The van der Waals surface area contributed by atoms with E-state index in [0.29, 0.717) is 0 Å². The lowest BCUT2D eigenvalue weighted by Gasteiger charge is -2.08. The van der Waals surface area contributed by atoms with Gasteiger partial charge in [0.15, 0.2) is 0 Å². The van der Waals surface area contributed by atoms with Crippen molar-refractivity contribution in [3.05, 3.63) is 101 Å². The number of nitro groups is 3. The minimum atomic E-state index is -0.984. The van der Waals surface area contributed by atoms with Crippen molar-refractivity contribution >= 4 is 34.7 Å². The standard InChI is InChI=1S/C22H13N3O9/c1-34-22(27)17-9-12(23(28)29)7-15-14(6-11-4-2-3-5-19(11)26)16-8-13(24(30)31)10-18(25(32)33)21(16)20(15)17/h2-10,26H,1H3. The number of nitrogens with zero attached hydrogens (tertiary/aromatic N) is 3. The van der Waals surface area contributed by atoms with Gasteiger partial charge in [0, 0.05) is 34.9 Å². The topological polar surface area (TPSA) is 176 Å². The van der Waals surface area contributed by atoms with Gasteiger partial charge in [0.25, 0.3) is 17.1 Å². The molecule has 4 rings (SSSR count). The maximum Gasteiger partial charge on any atom is 0.338 e. The second-order valence-corrected chi connectivity index (χ2v) is 7.18. The zero-order valence-corrected chi connectivity index (χ0v) is 17.3. The molecule has 0 unspecified atom stereocenters. The number of carbonyl (C=O) groups excluding carboxylic acids is 1. The number of carbonyl (C=O) groups is 1. The van der Waals surface area contributed by atoms with Crippen molar-refractivity contribution in [1.82, 2.24) is 0 Å². The third kappa shape index (κ3) is 3.48. The van der Waals surface area contributed by atoms with Crippen LogP contribution in [0.5, 0.6) is 5.75 Å². The first-order chi connectivity index (χ1) is 16.1. The fourth-order valence-corrected chi connectivity index (χ4v) is 3.89. The Bertz CT molecular complexity index is 1460. The Labute approximate surface area is 189 Å². The van der Waals surface area contributed by atoms with Crippen molar-refractivity contribution in [2.45, 2.75) is 0 Å². The van der Waals surface area contributed by atoms with Gasteiger partial charge in [0.1, 0.15) is 5.75 Å². The lowest BCUT2D eigenvalue weighted by molar-refractivity contribution is -0.393. The van der Waals surface area contributed by atoms with Crippen LogP contribution in [0.25, 0.3) is 22.8 Å². The second kappa shape index (κ2) is 8.09. The lowest BCUT2D eigenvalue weighted by atomic mass is 9.96. The number of hydrogen-bond donors (Lipinski definition) is 1. The molecule has 12 heteroatoms. The molecule has 0 bridgehead atoms. The van der Waals surface area contributed by atoms with E-state index in [9.17, 15) is 40.2 Å². The van der Waals surface area contributed by atoms with E-state index >= 15 is 0 Å². The molecule has 0 saturated heterocycles. The van der Waals surface area contributed by atoms with Crippen LogP contribution in [0.1, 0.15) is 27.0 Å². The first-order valence-electron chi connectivity index (χ1n) is 9.52. The summed E-state index contributed by atoms with van der Waals surface area (Å²) >= 11 is 0. The van der Waals surface area contributed by atoms with Crippen LogP contribution in [-0.4, -0.2) is 33.0 Å². The van der Waals surface area contributed by atoms with E-state index in [-0.39, 0.29) is 44.7 Å². The summed E-state index contributed by atoms with van der Waals surface area (Å²) in [5.41, 5.74) is -1.79. The Morgan fingerprint density at radius 2 is 1.47 bits per heavy atom. The SMILES string of the molecule is COC(=O)c1cc([N+](=O)[O-])cc2c1-c1c(cc([N+](=O)[O-])cc1[N+](=O)[O-])C2=Cc1ccccc1O. The number of nitro benzene ring substituents is 3. The predicted molar refractivity (Wildman–Crippen MR) is 118 cm³/mol. The maximum atomic E-state index is 12.6. The predicted octanol–water partition coefficient (Wildman–Crippen LogP) is 4.47. The van der Waals surface area contributed by atoms with Crippen LogP contribution in [0.3, 0.4) is 0 Å². The van der Waals surface area contributed by atoms with Crippen LogP contribution >= 0.6 is 0 Å². The molecule has 12 nitrogen and oxygen atoms in total. The highest BCUT2D eigenvalue weighted by atomic mass is 16.6. The molecule has 3 aromatic rings. The van der Waals surface area contributed by atoms with Gasteiger partial charge in [-0.25, -0.2) is 4.79 Å². The Morgan fingerprint density at radius 1 is 0.882 bits per heavy atom. The van der Waals surface area contributed by atoms with Crippen molar-refractivity contribution in [2.24, 2.45) is 0 Å². The van der Waals surface area contributed by atoms with E-state index in [1.54, 1.807) is 12.1 Å². The summed E-state index contributed by atoms with van der Waals surface area (Å²) in [7, 11) is 1.05. The molecule has 0 amide bonds. The number of phenols is 1. The largest absolute Gasteiger partial charge is 0.507 e. The second-order valence-electron chi connectivity index (χ2n) is 7.18. The highest BCUT2D eigenvalue weighted by Gasteiger charge is 2.38. The molecule has 1 aliphatic carbocycles. The minimum absolute atomic E-state index is 0.00445. The molecule has 3 aromatic carbocycles. The van der Waals surface area contributed by atoms with Crippen molar-refractivity contribution in [3.63, 3.8) is 0 Å². The monoisotopic (exact) mass is 463 g/mol. The minimum Gasteiger partial charge on any atom is -0.507 e. The van der Waals surface area contributed by atoms with Gasteiger partial charge in [0.2, 0.25) is 0 Å². The quantitative estimate of drug-likeness (QED) is 0.254. The van der Waals surface area contributed by atoms with Crippen molar-refractivity contribution < 1.29 is 29.4 Å². The van der Waals surface area contributed by atoms with Gasteiger partial charge in [-0.05, 0) is 23.3 Å². The number of aromatic hydroxyl groups is 1. The molecule has 0 atom stereocenters. The van der Waals surface area contributed by atoms with Crippen LogP contribution in [0, 0.1) is 30.3 Å². The first kappa shape index (κ1) is 22.1. The zero-order chi connectivity index (χ0) is 24.7. The van der Waals surface area contributed by atoms with E-state index in [1.165, 1.54) is 18.2 Å². The first-order valence-corrected chi connectivity index (χ1v) is 9.52. The van der Waals surface area contributed by atoms with Crippen LogP contribution in [0.2, 0.25) is 0 Å². The number of benzene rings is 3. The average Bonchev–Trinajstić information content (AvgIpc) is 3.12. The molecule has 1 N–H and O–H groups in total. The van der Waals surface area contributed by atoms with Gasteiger partial charge in [-0.3, -0.25) is 30.3 Å². The molecule has 0 saturated carbocycles. The van der Waals surface area contributed by atoms with Crippen LogP contribution in [0.4, 0.5) is 17.1 Å². The lowest BCUT2D eigenvalue weighted by Crippen LogP contribution is -2.06. The molecule has 170 valence electrons. The van der Waals surface area contributed by atoms with E-state index in [2.05, 4.69) is 0 Å². The van der Waals surface area contributed by atoms with Gasteiger partial charge >= 0.3 is 5.97 Å². The summed E-state index contributed by atoms with van der Waals surface area (Å²) in [6, 6.07) is 9.95. The molecule has 1 aliphatic rings. The number of ether oxygens (including phenoxy) is 1. The number of fused-ring (bicyclic) bond motifs is 3. The van der Waals surface area contributed by atoms with Crippen molar-refractivity contribution in [1.29, 1.82) is 0 Å². The summed E-state index contributed by atoms with van der Waals surface area (Å²) in [6.45, 7) is 0. The molecular weight excluding hydrogens is 450 g/mol. The summed E-state index contributed by atoms with van der Waals surface area (Å²) in [4.78, 5) is 45.1. The van der Waals surface area contributed by atoms with Gasteiger partial charge in [0.05, 0.1) is 39.1 Å². The highest BCUT2D eigenvalue weighted by Crippen LogP contribution is 2.53. The molecule has 34 heavy (non-hydrogen) atoms. The Morgan fingerprint density at radius 3 is 2.03 bits per heavy atom. The summed E-state index contributed by atoms with van der Waals surface area (Å²) in [5, 5.41) is 45.2. The number of methoxy groups -OCH3 is 1. The molecule has 0 fully saturated rings. The van der Waals surface area contributed by atoms with Crippen LogP contribution in [-0.2, 0) is 4.74 Å². The molecule has 0 heterocycles. The van der Waals surface area contributed by atoms with E-state index < -0.39 is 37.8 Å². The normalized spacial score (nSPS) is 12.7. The number of para-hydroxylation sites is 1. The number of esters is 1. The molecule has 0 aromatic heterocycles. The van der Waals surface area contributed by atoms with Crippen molar-refractivity contribution in [2.75, 3.05) is 7.11 Å². The van der Waals surface area contributed by atoms with Gasteiger partial charge < -0.3 is 9.84 Å². The van der Waals surface area contributed by atoms with Crippen LogP contribution < -0.4 is 0 Å². The number of non-ortho nitro benzene ring substituents is 2. The summed E-state index contributed by atoms with van der Waals surface area (Å²) in [6.07, 6.45) is 1.39. The highest BCUT2D eigenvalue weighted by molar-refractivity contribution is 6.15. The summed E-state index contributed by atoms with van der Waals surface area (Å²) in [5.74, 6) is -1.15. The van der Waals surface area contributed by atoms with E-state index in [1.807, 2.05) is 0 Å². The summed E-state index contributed by atoms with van der Waals surface area (Å²) < 4.78 is 4.75. The fraction of sp³-hybridized carbons (Fsp3) is 0.0455.